The van der Waals surface area contributed by atoms with Crippen LogP contribution in [0.15, 0.2) is 22.7 Å². The standard InChI is InChI=1S/C9H10BrN3O3S/c10-8-3-7(11)2-1-6(8)4-13-5-9(14)12-17(13,15)16/h1-3H,4-5,11H2,(H,12,14). The summed E-state index contributed by atoms with van der Waals surface area (Å²) in [6.07, 6.45) is 0. The minimum absolute atomic E-state index is 0.127. The third-order valence-electron chi connectivity index (χ3n) is 2.33. The fourth-order valence-corrected chi connectivity index (χ4v) is 3.11. The lowest BCUT2D eigenvalue weighted by Gasteiger charge is -2.13. The van der Waals surface area contributed by atoms with E-state index >= 15 is 0 Å². The van der Waals surface area contributed by atoms with Gasteiger partial charge in [-0.05, 0) is 17.7 Å². The quantitative estimate of drug-likeness (QED) is 0.762. The van der Waals surface area contributed by atoms with E-state index in [9.17, 15) is 13.2 Å². The summed E-state index contributed by atoms with van der Waals surface area (Å²) >= 11 is 3.30. The number of rotatable bonds is 2. The van der Waals surface area contributed by atoms with Crippen molar-refractivity contribution >= 4 is 37.7 Å². The van der Waals surface area contributed by atoms with Crippen molar-refractivity contribution in [1.29, 1.82) is 0 Å². The van der Waals surface area contributed by atoms with Crippen LogP contribution in [0.2, 0.25) is 0 Å². The van der Waals surface area contributed by atoms with Crippen LogP contribution in [-0.2, 0) is 21.5 Å². The first-order chi connectivity index (χ1) is 7.88. The number of carbonyl (C=O) groups excluding carboxylic acids is 1. The average molecular weight is 320 g/mol. The summed E-state index contributed by atoms with van der Waals surface area (Å²) in [7, 11) is -3.68. The van der Waals surface area contributed by atoms with Crippen LogP contribution >= 0.6 is 15.9 Å². The van der Waals surface area contributed by atoms with Gasteiger partial charge in [0.2, 0.25) is 5.91 Å². The molecule has 0 unspecified atom stereocenters. The van der Waals surface area contributed by atoms with Crippen LogP contribution in [0, 0.1) is 0 Å². The van der Waals surface area contributed by atoms with Crippen molar-refractivity contribution in [1.82, 2.24) is 9.03 Å². The maximum Gasteiger partial charge on any atom is 0.304 e. The Hall–Kier alpha value is -1.12. The van der Waals surface area contributed by atoms with Crippen LogP contribution in [0.1, 0.15) is 5.56 Å². The number of halogens is 1. The van der Waals surface area contributed by atoms with Crippen molar-refractivity contribution < 1.29 is 13.2 Å². The van der Waals surface area contributed by atoms with Gasteiger partial charge in [0.15, 0.2) is 0 Å². The molecule has 8 heteroatoms. The molecule has 3 N–H and O–H groups in total. The van der Waals surface area contributed by atoms with Crippen LogP contribution in [0.4, 0.5) is 5.69 Å². The molecular formula is C9H10BrN3O3S. The van der Waals surface area contributed by atoms with Gasteiger partial charge in [0.1, 0.15) is 0 Å². The number of benzene rings is 1. The Balaban J connectivity index is 2.25. The molecule has 2 rings (SSSR count). The van der Waals surface area contributed by atoms with Gasteiger partial charge in [-0.2, -0.15) is 12.7 Å². The highest BCUT2D eigenvalue weighted by atomic mass is 79.9. The monoisotopic (exact) mass is 319 g/mol. The Labute approximate surface area is 107 Å². The zero-order valence-electron chi connectivity index (χ0n) is 8.68. The molecule has 6 nitrogen and oxygen atoms in total. The Kier molecular flexibility index (Phi) is 3.11. The highest BCUT2D eigenvalue weighted by Gasteiger charge is 2.33. The molecular weight excluding hydrogens is 310 g/mol. The minimum atomic E-state index is -3.68. The van der Waals surface area contributed by atoms with Gasteiger partial charge in [0.25, 0.3) is 0 Å². The zero-order valence-corrected chi connectivity index (χ0v) is 11.1. The molecule has 1 saturated heterocycles. The van der Waals surface area contributed by atoms with Crippen molar-refractivity contribution in [3.63, 3.8) is 0 Å². The lowest BCUT2D eigenvalue weighted by molar-refractivity contribution is -0.118. The topological polar surface area (TPSA) is 92.5 Å². The number of carbonyl (C=O) groups is 1. The van der Waals surface area contributed by atoms with E-state index in [4.69, 9.17) is 5.73 Å². The highest BCUT2D eigenvalue weighted by Crippen LogP contribution is 2.22. The predicted molar refractivity (Wildman–Crippen MR) is 66.0 cm³/mol. The summed E-state index contributed by atoms with van der Waals surface area (Å²) in [5.41, 5.74) is 6.91. The minimum Gasteiger partial charge on any atom is -0.399 e. The van der Waals surface area contributed by atoms with E-state index in [1.165, 1.54) is 0 Å². The number of amides is 1. The number of nitrogens with one attached hydrogen (secondary N) is 1. The van der Waals surface area contributed by atoms with Crippen molar-refractivity contribution in [2.24, 2.45) is 0 Å². The first-order valence-corrected chi connectivity index (χ1v) is 6.96. The Morgan fingerprint density at radius 3 is 2.71 bits per heavy atom. The third-order valence-corrected chi connectivity index (χ3v) is 4.49. The molecule has 1 heterocycles. The van der Waals surface area contributed by atoms with Gasteiger partial charge in [-0.15, -0.1) is 0 Å². The zero-order chi connectivity index (χ0) is 12.6. The second-order valence-corrected chi connectivity index (χ2v) is 6.17. The molecule has 1 aromatic rings. The van der Waals surface area contributed by atoms with Crippen LogP contribution in [0.5, 0.6) is 0 Å². The van der Waals surface area contributed by atoms with Gasteiger partial charge in [-0.25, -0.2) is 4.72 Å². The van der Waals surface area contributed by atoms with E-state index in [1.54, 1.807) is 18.2 Å². The van der Waals surface area contributed by atoms with Crippen LogP contribution in [-0.4, -0.2) is 25.2 Å². The molecule has 17 heavy (non-hydrogen) atoms. The smallest absolute Gasteiger partial charge is 0.304 e. The van der Waals surface area contributed by atoms with E-state index in [2.05, 4.69) is 15.9 Å². The Morgan fingerprint density at radius 1 is 1.47 bits per heavy atom. The number of anilines is 1. The third kappa shape index (κ3) is 2.59. The van der Waals surface area contributed by atoms with Crippen LogP contribution < -0.4 is 10.5 Å². The molecule has 0 aliphatic carbocycles. The van der Waals surface area contributed by atoms with Crippen LogP contribution in [0.25, 0.3) is 0 Å². The van der Waals surface area contributed by atoms with Gasteiger partial charge < -0.3 is 5.73 Å². The fourth-order valence-electron chi connectivity index (χ4n) is 1.51. The molecule has 1 amide bonds. The average Bonchev–Trinajstić information content (AvgIpc) is 2.44. The molecule has 92 valence electrons. The first kappa shape index (κ1) is 12.3. The molecule has 0 saturated carbocycles. The first-order valence-electron chi connectivity index (χ1n) is 4.73. The summed E-state index contributed by atoms with van der Waals surface area (Å²) in [5, 5.41) is 0. The Morgan fingerprint density at radius 2 is 2.18 bits per heavy atom. The van der Waals surface area contributed by atoms with Crippen molar-refractivity contribution in [3.8, 4) is 0 Å². The van der Waals surface area contributed by atoms with E-state index in [1.807, 2.05) is 4.72 Å². The number of hydrogen-bond donors (Lipinski definition) is 2. The van der Waals surface area contributed by atoms with Gasteiger partial charge in [-0.3, -0.25) is 4.79 Å². The maximum absolute atomic E-state index is 11.5. The highest BCUT2D eigenvalue weighted by molar-refractivity contribution is 9.10. The lowest BCUT2D eigenvalue weighted by Crippen LogP contribution is -2.29. The number of hydrogen-bond acceptors (Lipinski definition) is 4. The number of nitrogens with two attached hydrogens (primary N) is 1. The number of nitrogen functional groups attached to an aromatic ring is 1. The second kappa shape index (κ2) is 4.28. The normalized spacial score (nSPS) is 19.2. The van der Waals surface area contributed by atoms with E-state index < -0.39 is 16.1 Å². The summed E-state index contributed by atoms with van der Waals surface area (Å²) in [5.74, 6) is -0.517. The molecule has 1 aliphatic heterocycles. The molecule has 1 fully saturated rings. The molecule has 1 aliphatic rings. The molecule has 0 bridgehead atoms. The molecule has 1 aromatic carbocycles. The van der Waals surface area contributed by atoms with Gasteiger partial charge in [0, 0.05) is 16.7 Å². The van der Waals surface area contributed by atoms with Crippen LogP contribution in [0.3, 0.4) is 0 Å². The van der Waals surface area contributed by atoms with Gasteiger partial charge >= 0.3 is 10.2 Å². The molecule has 0 radical (unpaired) electrons. The largest absolute Gasteiger partial charge is 0.399 e. The number of nitrogens with zero attached hydrogens (tertiary/aromatic N) is 1. The lowest BCUT2D eigenvalue weighted by atomic mass is 10.2. The molecule has 0 aromatic heterocycles. The molecule has 0 atom stereocenters. The van der Waals surface area contributed by atoms with E-state index in [0.717, 1.165) is 9.87 Å². The Bertz CT molecular complexity index is 573. The van der Waals surface area contributed by atoms with Crippen molar-refractivity contribution in [3.05, 3.63) is 28.2 Å². The van der Waals surface area contributed by atoms with Gasteiger partial charge in [0.05, 0.1) is 6.54 Å². The molecule has 0 spiro atoms. The van der Waals surface area contributed by atoms with Crippen molar-refractivity contribution in [2.45, 2.75) is 6.54 Å². The summed E-state index contributed by atoms with van der Waals surface area (Å²) < 4.78 is 26.7. The van der Waals surface area contributed by atoms with E-state index in [-0.39, 0.29) is 13.1 Å². The predicted octanol–water partition coefficient (Wildman–Crippen LogP) is 0.208. The summed E-state index contributed by atoms with van der Waals surface area (Å²) in [6.45, 7) is -0.0267. The van der Waals surface area contributed by atoms with E-state index in [0.29, 0.717) is 10.2 Å². The SMILES string of the molecule is Nc1ccc(CN2CC(=O)NS2(=O)=O)c(Br)c1. The maximum atomic E-state index is 11.5. The summed E-state index contributed by atoms with van der Waals surface area (Å²) in [6, 6.07) is 5.09. The summed E-state index contributed by atoms with van der Waals surface area (Å²) in [4.78, 5) is 11.0. The van der Waals surface area contributed by atoms with Gasteiger partial charge in [-0.1, -0.05) is 22.0 Å². The fraction of sp³-hybridized carbons (Fsp3) is 0.222. The second-order valence-electron chi connectivity index (χ2n) is 3.65. The van der Waals surface area contributed by atoms with Crippen molar-refractivity contribution in [2.75, 3.05) is 12.3 Å².